The number of azide groups is 1. The van der Waals surface area contributed by atoms with E-state index in [1.807, 2.05) is 16.8 Å². The molecule has 1 rings (SSSR count). The third-order valence-corrected chi connectivity index (χ3v) is 2.31. The summed E-state index contributed by atoms with van der Waals surface area (Å²) in [7, 11) is 0. The maximum atomic E-state index is 11.8. The van der Waals surface area contributed by atoms with Crippen molar-refractivity contribution in [1.29, 1.82) is 0 Å². The van der Waals surface area contributed by atoms with E-state index >= 15 is 0 Å². The van der Waals surface area contributed by atoms with Crippen molar-refractivity contribution in [2.45, 2.75) is 26.3 Å². The van der Waals surface area contributed by atoms with Crippen LogP contribution in [0.1, 0.15) is 30.3 Å². The zero-order valence-electron chi connectivity index (χ0n) is 9.96. The SMILES string of the molecule is CCCn1cccc1C(=O)NCCCN=[N+]=[N-]. The number of carbonyl (C=O) groups excluding carboxylic acids is 1. The van der Waals surface area contributed by atoms with Crippen molar-refractivity contribution in [2.75, 3.05) is 13.1 Å². The van der Waals surface area contributed by atoms with Crippen molar-refractivity contribution in [3.63, 3.8) is 0 Å². The first kappa shape index (κ1) is 13.1. The molecule has 1 aromatic heterocycles. The molecule has 0 aliphatic heterocycles. The average Bonchev–Trinajstić information content (AvgIpc) is 2.77. The molecular weight excluding hydrogens is 218 g/mol. The van der Waals surface area contributed by atoms with E-state index in [9.17, 15) is 4.79 Å². The summed E-state index contributed by atoms with van der Waals surface area (Å²) in [6.45, 7) is 3.85. The quantitative estimate of drug-likeness (QED) is 0.334. The van der Waals surface area contributed by atoms with Crippen LogP contribution in [0.25, 0.3) is 10.4 Å². The Kier molecular flexibility index (Phi) is 5.68. The number of aromatic nitrogens is 1. The molecule has 1 aromatic rings. The first-order valence-corrected chi connectivity index (χ1v) is 5.73. The Morgan fingerprint density at radius 1 is 1.65 bits per heavy atom. The number of nitrogens with zero attached hydrogens (tertiary/aromatic N) is 4. The number of amides is 1. The van der Waals surface area contributed by atoms with Gasteiger partial charge in [0.15, 0.2) is 0 Å². The average molecular weight is 235 g/mol. The molecule has 0 saturated heterocycles. The largest absolute Gasteiger partial charge is 0.351 e. The normalized spacial score (nSPS) is 9.71. The van der Waals surface area contributed by atoms with E-state index < -0.39 is 0 Å². The Morgan fingerprint density at radius 3 is 3.18 bits per heavy atom. The minimum absolute atomic E-state index is 0.0793. The van der Waals surface area contributed by atoms with E-state index in [4.69, 9.17) is 5.53 Å². The van der Waals surface area contributed by atoms with Crippen molar-refractivity contribution >= 4 is 5.91 Å². The monoisotopic (exact) mass is 235 g/mol. The summed E-state index contributed by atoms with van der Waals surface area (Å²) < 4.78 is 1.93. The fraction of sp³-hybridized carbons (Fsp3) is 0.545. The summed E-state index contributed by atoms with van der Waals surface area (Å²) in [6.07, 6.45) is 3.55. The molecule has 0 atom stereocenters. The molecule has 0 radical (unpaired) electrons. The first-order chi connectivity index (χ1) is 8.29. The molecule has 1 amide bonds. The molecule has 0 aromatic carbocycles. The molecule has 6 heteroatoms. The highest BCUT2D eigenvalue weighted by Crippen LogP contribution is 2.03. The standard InChI is InChI=1S/C11H17N5O/c1-2-8-16-9-3-5-10(16)11(17)13-6-4-7-14-15-12/h3,5,9H,2,4,6-8H2,1H3,(H,13,17). The highest BCUT2D eigenvalue weighted by molar-refractivity contribution is 5.92. The number of nitrogens with one attached hydrogen (secondary N) is 1. The van der Waals surface area contributed by atoms with Crippen LogP contribution in [0.4, 0.5) is 0 Å². The molecular formula is C11H17N5O. The van der Waals surface area contributed by atoms with Gasteiger partial charge >= 0.3 is 0 Å². The fourth-order valence-corrected chi connectivity index (χ4v) is 1.54. The third kappa shape index (κ3) is 4.20. The number of rotatable bonds is 7. The van der Waals surface area contributed by atoms with E-state index in [1.54, 1.807) is 6.07 Å². The third-order valence-electron chi connectivity index (χ3n) is 2.31. The van der Waals surface area contributed by atoms with Gasteiger partial charge in [-0.05, 0) is 30.5 Å². The summed E-state index contributed by atoms with van der Waals surface area (Å²) in [5.74, 6) is -0.0793. The summed E-state index contributed by atoms with van der Waals surface area (Å²) in [5.41, 5.74) is 8.76. The summed E-state index contributed by atoms with van der Waals surface area (Å²) in [4.78, 5) is 14.4. The zero-order chi connectivity index (χ0) is 12.5. The zero-order valence-corrected chi connectivity index (χ0v) is 9.96. The molecule has 1 N–H and O–H groups in total. The highest BCUT2D eigenvalue weighted by Gasteiger charge is 2.08. The van der Waals surface area contributed by atoms with E-state index in [-0.39, 0.29) is 5.91 Å². The lowest BCUT2D eigenvalue weighted by molar-refractivity contribution is 0.0944. The molecule has 0 unspecified atom stereocenters. The van der Waals surface area contributed by atoms with Gasteiger partial charge in [-0.15, -0.1) is 0 Å². The minimum Gasteiger partial charge on any atom is -0.351 e. The number of carbonyl (C=O) groups is 1. The van der Waals surface area contributed by atoms with Crippen LogP contribution in [0, 0.1) is 0 Å². The van der Waals surface area contributed by atoms with Crippen LogP contribution in [0.5, 0.6) is 0 Å². The lowest BCUT2D eigenvalue weighted by Crippen LogP contribution is -2.27. The Morgan fingerprint density at radius 2 is 2.47 bits per heavy atom. The van der Waals surface area contributed by atoms with Crippen LogP contribution in [0.2, 0.25) is 0 Å². The Bertz CT molecular complexity index is 406. The lowest BCUT2D eigenvalue weighted by Gasteiger charge is -2.08. The molecule has 0 spiro atoms. The van der Waals surface area contributed by atoms with Crippen LogP contribution in [0.15, 0.2) is 23.4 Å². The Labute approximate surface area is 100 Å². The molecule has 1 heterocycles. The number of hydrogen-bond acceptors (Lipinski definition) is 2. The number of aryl methyl sites for hydroxylation is 1. The van der Waals surface area contributed by atoms with Crippen LogP contribution >= 0.6 is 0 Å². The summed E-state index contributed by atoms with van der Waals surface area (Å²) >= 11 is 0. The van der Waals surface area contributed by atoms with Crippen molar-refractivity contribution < 1.29 is 4.79 Å². The van der Waals surface area contributed by atoms with Gasteiger partial charge in [-0.1, -0.05) is 12.0 Å². The van der Waals surface area contributed by atoms with Crippen LogP contribution in [-0.4, -0.2) is 23.6 Å². The van der Waals surface area contributed by atoms with Crippen LogP contribution < -0.4 is 5.32 Å². The molecule has 17 heavy (non-hydrogen) atoms. The van der Waals surface area contributed by atoms with Crippen LogP contribution in [-0.2, 0) is 6.54 Å². The van der Waals surface area contributed by atoms with Gasteiger partial charge in [0.2, 0.25) is 0 Å². The Balaban J connectivity index is 2.40. The Hall–Kier alpha value is -1.94. The van der Waals surface area contributed by atoms with E-state index in [1.165, 1.54) is 0 Å². The predicted octanol–water partition coefficient (Wildman–Crippen LogP) is 2.33. The number of hydrogen-bond donors (Lipinski definition) is 1. The van der Waals surface area contributed by atoms with Crippen molar-refractivity contribution in [3.8, 4) is 0 Å². The maximum Gasteiger partial charge on any atom is 0.267 e. The lowest BCUT2D eigenvalue weighted by atomic mass is 10.3. The second kappa shape index (κ2) is 7.35. The molecule has 0 aliphatic rings. The van der Waals surface area contributed by atoms with Gasteiger partial charge in [0.05, 0.1) is 0 Å². The van der Waals surface area contributed by atoms with Gasteiger partial charge in [0, 0.05) is 30.7 Å². The van der Waals surface area contributed by atoms with E-state index in [0.29, 0.717) is 25.2 Å². The van der Waals surface area contributed by atoms with Gasteiger partial charge in [0.1, 0.15) is 5.69 Å². The second-order valence-corrected chi connectivity index (χ2v) is 3.65. The van der Waals surface area contributed by atoms with Crippen LogP contribution in [0.3, 0.4) is 0 Å². The fourth-order valence-electron chi connectivity index (χ4n) is 1.54. The summed E-state index contributed by atoms with van der Waals surface area (Å²) in [5, 5.41) is 6.20. The van der Waals surface area contributed by atoms with E-state index in [2.05, 4.69) is 22.3 Å². The van der Waals surface area contributed by atoms with Crippen molar-refractivity contribution in [1.82, 2.24) is 9.88 Å². The van der Waals surface area contributed by atoms with Crippen molar-refractivity contribution in [2.24, 2.45) is 5.11 Å². The van der Waals surface area contributed by atoms with E-state index in [0.717, 1.165) is 13.0 Å². The molecule has 0 fully saturated rings. The maximum absolute atomic E-state index is 11.8. The minimum atomic E-state index is -0.0793. The predicted molar refractivity (Wildman–Crippen MR) is 65.7 cm³/mol. The molecule has 92 valence electrons. The van der Waals surface area contributed by atoms with Gasteiger partial charge < -0.3 is 9.88 Å². The second-order valence-electron chi connectivity index (χ2n) is 3.65. The van der Waals surface area contributed by atoms with Gasteiger partial charge in [0.25, 0.3) is 5.91 Å². The molecule has 6 nitrogen and oxygen atoms in total. The van der Waals surface area contributed by atoms with Gasteiger partial charge in [-0.25, -0.2) is 0 Å². The van der Waals surface area contributed by atoms with Crippen molar-refractivity contribution in [3.05, 3.63) is 34.5 Å². The molecule has 0 saturated carbocycles. The molecule has 0 aliphatic carbocycles. The van der Waals surface area contributed by atoms with Gasteiger partial charge in [-0.2, -0.15) is 0 Å². The van der Waals surface area contributed by atoms with Gasteiger partial charge in [-0.3, -0.25) is 4.79 Å². The first-order valence-electron chi connectivity index (χ1n) is 5.73. The highest BCUT2D eigenvalue weighted by atomic mass is 16.1. The summed E-state index contributed by atoms with van der Waals surface area (Å²) in [6, 6.07) is 3.67. The topological polar surface area (TPSA) is 82.8 Å². The smallest absolute Gasteiger partial charge is 0.267 e. The molecule has 0 bridgehead atoms.